The quantitative estimate of drug-likeness (QED) is 0.184. The van der Waals surface area contributed by atoms with E-state index in [0.29, 0.717) is 15.8 Å². The van der Waals surface area contributed by atoms with Crippen molar-refractivity contribution in [3.8, 4) is 5.75 Å². The van der Waals surface area contributed by atoms with Crippen LogP contribution in [0.1, 0.15) is 5.56 Å². The highest BCUT2D eigenvalue weighted by Crippen LogP contribution is 2.41. The highest BCUT2D eigenvalue weighted by atomic mass is 35.5. The van der Waals surface area contributed by atoms with E-state index >= 15 is 0 Å². The van der Waals surface area contributed by atoms with Gasteiger partial charge in [-0.3, -0.25) is 0 Å². The first-order chi connectivity index (χ1) is 13.5. The third kappa shape index (κ3) is 3.17. The average Bonchev–Trinajstić information content (AvgIpc) is 2.65. The first-order valence-electron chi connectivity index (χ1n) is 8.25. The van der Waals surface area contributed by atoms with Gasteiger partial charge in [0.05, 0.1) is 10.0 Å². The maximum absolute atomic E-state index is 12.6. The van der Waals surface area contributed by atoms with Crippen molar-refractivity contribution in [2.45, 2.75) is 12.4 Å². The molecule has 9 heteroatoms. The fourth-order valence-electron chi connectivity index (χ4n) is 3.28. The maximum atomic E-state index is 12.6. The molecule has 0 unspecified atom stereocenters. The Bertz CT molecular complexity index is 1410. The molecule has 0 amide bonds. The van der Waals surface area contributed by atoms with Crippen molar-refractivity contribution in [2.75, 3.05) is 0 Å². The molecule has 0 saturated heterocycles. The van der Waals surface area contributed by atoms with E-state index in [0.717, 1.165) is 33.2 Å². The molecule has 0 aromatic heterocycles. The molecule has 3 nitrogen and oxygen atoms in total. The van der Waals surface area contributed by atoms with Gasteiger partial charge < -0.3 is 4.18 Å². The van der Waals surface area contributed by atoms with Crippen LogP contribution in [0.3, 0.4) is 0 Å². The Morgan fingerprint density at radius 1 is 0.724 bits per heavy atom. The van der Waals surface area contributed by atoms with Gasteiger partial charge in [-0.1, -0.05) is 59.6 Å². The Morgan fingerprint density at radius 2 is 1.14 bits per heavy atom. The predicted molar refractivity (Wildman–Crippen MR) is 109 cm³/mol. The lowest BCUT2D eigenvalue weighted by Crippen LogP contribution is -2.28. The predicted octanol–water partition coefficient (Wildman–Crippen LogP) is 6.99. The third-order valence-corrected chi connectivity index (χ3v) is 6.56. The van der Waals surface area contributed by atoms with Gasteiger partial charge in [-0.15, -0.1) is 0 Å². The molecule has 29 heavy (non-hydrogen) atoms. The van der Waals surface area contributed by atoms with Crippen LogP contribution in [0.25, 0.3) is 32.3 Å². The number of fused-ring (bicyclic) bond motifs is 5. The zero-order valence-electron chi connectivity index (χ0n) is 14.6. The molecule has 0 aliphatic carbocycles. The van der Waals surface area contributed by atoms with Gasteiger partial charge in [-0.2, -0.15) is 21.6 Å². The Labute approximate surface area is 173 Å². The van der Waals surface area contributed by atoms with Crippen LogP contribution in [0.15, 0.2) is 48.5 Å². The van der Waals surface area contributed by atoms with E-state index in [1.165, 1.54) is 6.07 Å². The van der Waals surface area contributed by atoms with Crippen molar-refractivity contribution < 1.29 is 25.8 Å². The molecule has 4 aromatic rings. The zero-order chi connectivity index (χ0) is 21.1. The summed E-state index contributed by atoms with van der Waals surface area (Å²) in [4.78, 5) is 0. The molecule has 0 spiro atoms. The molecule has 0 aliphatic heterocycles. The molecular weight excluding hydrogens is 448 g/mol. The van der Waals surface area contributed by atoms with E-state index in [1.807, 2.05) is 31.2 Å². The van der Waals surface area contributed by atoms with Crippen molar-refractivity contribution in [1.82, 2.24) is 0 Å². The molecular formula is C20H11Cl2F3O3S. The number of benzene rings is 4. The smallest absolute Gasteiger partial charge is 0.374 e. The van der Waals surface area contributed by atoms with Crippen LogP contribution >= 0.6 is 23.2 Å². The minimum absolute atomic E-state index is 0.223. The van der Waals surface area contributed by atoms with Gasteiger partial charge in [0.15, 0.2) is 5.75 Å². The average molecular weight is 459 g/mol. The summed E-state index contributed by atoms with van der Waals surface area (Å²) in [5.41, 5.74) is -4.61. The van der Waals surface area contributed by atoms with E-state index in [-0.39, 0.29) is 5.02 Å². The SMILES string of the molecule is Cc1ccc2c(ccc3c4ccc(OS(=O)(=O)C(F)(F)F)c(Cl)c4ccc23)c1Cl. The second-order valence-corrected chi connectivity index (χ2v) is 8.77. The molecule has 150 valence electrons. The largest absolute Gasteiger partial charge is 0.534 e. The molecule has 0 bridgehead atoms. The summed E-state index contributed by atoms with van der Waals surface area (Å²) >= 11 is 12.6. The van der Waals surface area contributed by atoms with Gasteiger partial charge in [0, 0.05) is 10.8 Å². The second kappa shape index (κ2) is 6.65. The summed E-state index contributed by atoms with van der Waals surface area (Å²) in [7, 11) is -5.82. The molecule has 0 saturated carbocycles. The lowest BCUT2D eigenvalue weighted by Gasteiger charge is -2.14. The fraction of sp³-hybridized carbons (Fsp3) is 0.100. The molecule has 0 heterocycles. The Balaban J connectivity index is 1.96. The minimum Gasteiger partial charge on any atom is -0.374 e. The molecule has 4 aromatic carbocycles. The Morgan fingerprint density at radius 3 is 1.69 bits per heavy atom. The van der Waals surface area contributed by atoms with Crippen LogP contribution < -0.4 is 4.18 Å². The number of rotatable bonds is 2. The highest BCUT2D eigenvalue weighted by molar-refractivity contribution is 7.88. The third-order valence-electron chi connectivity index (χ3n) is 4.70. The maximum Gasteiger partial charge on any atom is 0.534 e. The van der Waals surface area contributed by atoms with Crippen LogP contribution in [-0.2, 0) is 10.1 Å². The first-order valence-corrected chi connectivity index (χ1v) is 10.4. The number of halogens is 5. The Kier molecular flexibility index (Phi) is 4.60. The van der Waals surface area contributed by atoms with E-state index < -0.39 is 21.4 Å². The summed E-state index contributed by atoms with van der Waals surface area (Å²) in [6, 6.07) is 13.5. The van der Waals surface area contributed by atoms with E-state index in [9.17, 15) is 21.6 Å². The standard InChI is InChI=1S/C20H11Cl2F3O3S/c1-10-2-3-13-11-5-7-16-14(12(11)4-6-15(13)18(10)21)8-9-17(19(16)22)28-29(26,27)20(23,24)25/h2-9H,1H3. The summed E-state index contributed by atoms with van der Waals surface area (Å²) < 4.78 is 64.7. The summed E-state index contributed by atoms with van der Waals surface area (Å²) in [5.74, 6) is -0.588. The van der Waals surface area contributed by atoms with Crippen molar-refractivity contribution in [2.24, 2.45) is 0 Å². The van der Waals surface area contributed by atoms with Crippen LogP contribution in [-0.4, -0.2) is 13.9 Å². The summed E-state index contributed by atoms with van der Waals surface area (Å²) in [6.45, 7) is 1.91. The van der Waals surface area contributed by atoms with Gasteiger partial charge in [0.1, 0.15) is 0 Å². The lowest BCUT2D eigenvalue weighted by molar-refractivity contribution is -0.0500. The first kappa shape index (κ1) is 20.1. The summed E-state index contributed by atoms with van der Waals surface area (Å²) in [6.07, 6.45) is 0. The molecule has 0 atom stereocenters. The van der Waals surface area contributed by atoms with Crippen LogP contribution in [0.4, 0.5) is 13.2 Å². The fourth-order valence-corrected chi connectivity index (χ4v) is 4.29. The van der Waals surface area contributed by atoms with Crippen LogP contribution in [0.5, 0.6) is 5.75 Å². The molecule has 0 aliphatic rings. The van der Waals surface area contributed by atoms with Gasteiger partial charge in [-0.25, -0.2) is 0 Å². The lowest BCUT2D eigenvalue weighted by atomic mass is 9.96. The summed E-state index contributed by atoms with van der Waals surface area (Å²) in [5, 5.41) is 4.89. The molecule has 0 radical (unpaired) electrons. The second-order valence-electron chi connectivity index (χ2n) is 6.47. The van der Waals surface area contributed by atoms with E-state index in [1.54, 1.807) is 12.1 Å². The van der Waals surface area contributed by atoms with Gasteiger partial charge >= 0.3 is 15.6 Å². The van der Waals surface area contributed by atoms with E-state index in [2.05, 4.69) is 4.18 Å². The van der Waals surface area contributed by atoms with Gasteiger partial charge in [-0.05, 0) is 46.2 Å². The normalized spacial score (nSPS) is 12.8. The van der Waals surface area contributed by atoms with Crippen molar-refractivity contribution in [1.29, 1.82) is 0 Å². The highest BCUT2D eigenvalue weighted by Gasteiger charge is 2.48. The van der Waals surface area contributed by atoms with Crippen molar-refractivity contribution in [3.05, 3.63) is 64.1 Å². The number of aryl methyl sites for hydroxylation is 1. The van der Waals surface area contributed by atoms with Crippen molar-refractivity contribution >= 4 is 65.6 Å². The molecule has 0 N–H and O–H groups in total. The number of hydrogen-bond acceptors (Lipinski definition) is 3. The van der Waals surface area contributed by atoms with Crippen molar-refractivity contribution in [3.63, 3.8) is 0 Å². The number of hydrogen-bond donors (Lipinski definition) is 0. The van der Waals surface area contributed by atoms with Crippen LogP contribution in [0.2, 0.25) is 10.0 Å². The minimum atomic E-state index is -5.82. The topological polar surface area (TPSA) is 43.4 Å². The van der Waals surface area contributed by atoms with E-state index in [4.69, 9.17) is 23.2 Å². The molecule has 4 rings (SSSR count). The molecule has 0 fully saturated rings. The van der Waals surface area contributed by atoms with Gasteiger partial charge in [0.25, 0.3) is 0 Å². The zero-order valence-corrected chi connectivity index (χ0v) is 17.0. The number of alkyl halides is 3. The van der Waals surface area contributed by atoms with Crippen LogP contribution in [0, 0.1) is 6.92 Å². The monoisotopic (exact) mass is 458 g/mol. The van der Waals surface area contributed by atoms with Gasteiger partial charge in [0.2, 0.25) is 0 Å². The Hall–Kier alpha value is -2.22.